The number of halogens is 3. The molecule has 0 heterocycles. The molecule has 2 N–H and O–H groups in total. The third-order valence-corrected chi connectivity index (χ3v) is 3.90. The van der Waals surface area contributed by atoms with Crippen LogP contribution in [0.5, 0.6) is 5.75 Å². The van der Waals surface area contributed by atoms with Gasteiger partial charge in [-0.1, -0.05) is 12.1 Å². The van der Waals surface area contributed by atoms with Crippen LogP contribution in [-0.2, 0) is 14.8 Å². The highest BCUT2D eigenvalue weighted by Crippen LogP contribution is 2.29. The Morgan fingerprint density at radius 3 is 2.41 bits per heavy atom. The van der Waals surface area contributed by atoms with E-state index < -0.39 is 39.2 Å². The lowest BCUT2D eigenvalue weighted by atomic mass is 10.1. The Labute approximate surface area is 125 Å². The summed E-state index contributed by atoms with van der Waals surface area (Å²) >= 11 is 0. The minimum absolute atomic E-state index is 0.157. The van der Waals surface area contributed by atoms with Gasteiger partial charge in [0, 0.05) is 13.7 Å². The van der Waals surface area contributed by atoms with Gasteiger partial charge in [0.25, 0.3) is 0 Å². The summed E-state index contributed by atoms with van der Waals surface area (Å²) in [5, 5.41) is 9.82. The van der Waals surface area contributed by atoms with Crippen LogP contribution in [0.1, 0.15) is 6.92 Å². The Morgan fingerprint density at radius 1 is 1.27 bits per heavy atom. The molecule has 0 unspecified atom stereocenters. The molecule has 0 fully saturated rings. The van der Waals surface area contributed by atoms with E-state index in [1.54, 1.807) is 0 Å². The number of benzene rings is 1. The molecule has 0 aliphatic carbocycles. The topological polar surface area (TPSA) is 84.9 Å². The minimum atomic E-state index is -5.02. The van der Waals surface area contributed by atoms with Gasteiger partial charge in [-0.15, -0.1) is 13.2 Å². The number of aliphatic hydroxyl groups is 1. The van der Waals surface area contributed by atoms with Crippen molar-refractivity contribution in [3.8, 4) is 5.75 Å². The van der Waals surface area contributed by atoms with Gasteiger partial charge in [-0.05, 0) is 19.1 Å². The third kappa shape index (κ3) is 5.79. The van der Waals surface area contributed by atoms with Crippen LogP contribution in [0.3, 0.4) is 0 Å². The van der Waals surface area contributed by atoms with Gasteiger partial charge in [0.2, 0.25) is 10.0 Å². The van der Waals surface area contributed by atoms with Crippen molar-refractivity contribution in [2.75, 3.05) is 20.3 Å². The smallest absolute Gasteiger partial charge is 0.404 e. The Bertz CT molecular complexity index is 601. The molecule has 0 bridgehead atoms. The van der Waals surface area contributed by atoms with E-state index in [9.17, 15) is 26.7 Å². The first-order valence-corrected chi connectivity index (χ1v) is 7.51. The lowest BCUT2D eigenvalue weighted by molar-refractivity contribution is -0.275. The molecule has 1 rings (SSSR count). The zero-order valence-corrected chi connectivity index (χ0v) is 12.7. The lowest BCUT2D eigenvalue weighted by Crippen LogP contribution is -2.43. The van der Waals surface area contributed by atoms with Crippen LogP contribution in [-0.4, -0.2) is 45.7 Å². The van der Waals surface area contributed by atoms with Crippen LogP contribution in [0.25, 0.3) is 0 Å². The summed E-state index contributed by atoms with van der Waals surface area (Å²) in [7, 11) is -2.99. The van der Waals surface area contributed by atoms with Gasteiger partial charge in [-0.3, -0.25) is 0 Å². The highest BCUT2D eigenvalue weighted by Gasteiger charge is 2.34. The monoisotopic (exact) mass is 343 g/mol. The van der Waals surface area contributed by atoms with Crippen LogP contribution in [0, 0.1) is 0 Å². The summed E-state index contributed by atoms with van der Waals surface area (Å²) in [6.45, 7) is 0.719. The zero-order chi connectivity index (χ0) is 17.0. The van der Waals surface area contributed by atoms with Crippen LogP contribution in [0.2, 0.25) is 0 Å². The number of hydrogen-bond acceptors (Lipinski definition) is 5. The Hall–Kier alpha value is -1.36. The van der Waals surface area contributed by atoms with Gasteiger partial charge in [-0.2, -0.15) is 0 Å². The van der Waals surface area contributed by atoms with E-state index >= 15 is 0 Å². The fourth-order valence-electron chi connectivity index (χ4n) is 1.57. The molecule has 1 aromatic carbocycles. The molecule has 1 aromatic rings. The van der Waals surface area contributed by atoms with Gasteiger partial charge in [0.15, 0.2) is 0 Å². The van der Waals surface area contributed by atoms with Gasteiger partial charge < -0.3 is 14.6 Å². The zero-order valence-electron chi connectivity index (χ0n) is 11.8. The summed E-state index contributed by atoms with van der Waals surface area (Å²) in [6.07, 6.45) is -5.02. The molecule has 6 nitrogen and oxygen atoms in total. The van der Waals surface area contributed by atoms with Gasteiger partial charge >= 0.3 is 6.36 Å². The molecule has 126 valence electrons. The Kier molecular flexibility index (Phi) is 5.79. The molecule has 0 saturated carbocycles. The van der Waals surface area contributed by atoms with Crippen LogP contribution >= 0.6 is 0 Å². The average Bonchev–Trinajstić information content (AvgIpc) is 2.35. The minimum Gasteiger partial charge on any atom is -0.404 e. The molecule has 0 saturated heterocycles. The van der Waals surface area contributed by atoms with Crippen molar-refractivity contribution in [3.63, 3.8) is 0 Å². The number of para-hydroxylation sites is 1. The number of rotatable bonds is 7. The SMILES string of the molecule is COC[C@@](C)(O)CNS(=O)(=O)c1ccccc1OC(F)(F)F. The lowest BCUT2D eigenvalue weighted by Gasteiger charge is -2.22. The van der Waals surface area contributed by atoms with E-state index in [4.69, 9.17) is 4.74 Å². The predicted molar refractivity (Wildman–Crippen MR) is 70.8 cm³/mol. The Balaban J connectivity index is 2.99. The van der Waals surface area contributed by atoms with Crippen molar-refractivity contribution in [2.45, 2.75) is 23.8 Å². The van der Waals surface area contributed by atoms with Crippen molar-refractivity contribution < 1.29 is 36.2 Å². The van der Waals surface area contributed by atoms with Crippen molar-refractivity contribution >= 4 is 10.0 Å². The molecular weight excluding hydrogens is 327 g/mol. The fourth-order valence-corrected chi connectivity index (χ4v) is 2.86. The first-order valence-electron chi connectivity index (χ1n) is 6.03. The van der Waals surface area contributed by atoms with E-state index in [1.807, 2.05) is 4.72 Å². The highest BCUT2D eigenvalue weighted by molar-refractivity contribution is 7.89. The largest absolute Gasteiger partial charge is 0.573 e. The maximum atomic E-state index is 12.3. The quantitative estimate of drug-likeness (QED) is 0.779. The molecule has 0 spiro atoms. The van der Waals surface area contributed by atoms with Gasteiger partial charge in [-0.25, -0.2) is 13.1 Å². The summed E-state index contributed by atoms with van der Waals surface area (Å²) in [6, 6.07) is 4.32. The average molecular weight is 343 g/mol. The molecule has 10 heteroatoms. The fraction of sp³-hybridized carbons (Fsp3) is 0.500. The molecule has 0 aliphatic rings. The van der Waals surface area contributed by atoms with Gasteiger partial charge in [0.05, 0.1) is 12.2 Å². The number of sulfonamides is 1. The Morgan fingerprint density at radius 2 is 1.86 bits per heavy atom. The summed E-state index contributed by atoms with van der Waals surface area (Å²) in [5.74, 6) is -0.853. The van der Waals surface area contributed by atoms with Crippen LogP contribution < -0.4 is 9.46 Å². The number of alkyl halides is 3. The van der Waals surface area contributed by atoms with Crippen molar-refractivity contribution in [3.05, 3.63) is 24.3 Å². The maximum absolute atomic E-state index is 12.3. The second-order valence-corrected chi connectivity index (χ2v) is 6.48. The van der Waals surface area contributed by atoms with E-state index in [1.165, 1.54) is 26.2 Å². The molecule has 0 aromatic heterocycles. The molecule has 22 heavy (non-hydrogen) atoms. The number of nitrogens with one attached hydrogen (secondary N) is 1. The van der Waals surface area contributed by atoms with E-state index in [-0.39, 0.29) is 6.61 Å². The predicted octanol–water partition coefficient (Wildman–Crippen LogP) is 1.26. The molecule has 0 amide bonds. The third-order valence-electron chi connectivity index (χ3n) is 2.46. The van der Waals surface area contributed by atoms with Crippen molar-refractivity contribution in [2.24, 2.45) is 0 Å². The first-order chi connectivity index (χ1) is 9.97. The second-order valence-electron chi connectivity index (χ2n) is 4.75. The van der Waals surface area contributed by atoms with E-state index in [0.29, 0.717) is 0 Å². The number of hydrogen-bond donors (Lipinski definition) is 2. The highest BCUT2D eigenvalue weighted by atomic mass is 32.2. The van der Waals surface area contributed by atoms with Crippen LogP contribution in [0.4, 0.5) is 13.2 Å². The summed E-state index contributed by atoms with van der Waals surface area (Å²) < 4.78 is 71.5. The summed E-state index contributed by atoms with van der Waals surface area (Å²) in [4.78, 5) is -0.680. The molecule has 0 radical (unpaired) electrons. The van der Waals surface area contributed by atoms with E-state index in [2.05, 4.69) is 4.74 Å². The van der Waals surface area contributed by atoms with Crippen molar-refractivity contribution in [1.82, 2.24) is 4.72 Å². The first kappa shape index (κ1) is 18.7. The molecule has 1 atom stereocenters. The van der Waals surface area contributed by atoms with Gasteiger partial charge in [0.1, 0.15) is 10.6 Å². The summed E-state index contributed by atoms with van der Waals surface area (Å²) in [5.41, 5.74) is -1.51. The number of ether oxygens (including phenoxy) is 2. The standard InChI is InChI=1S/C12H16F3NO5S/c1-11(17,8-20-2)7-16-22(18,19)10-6-4-3-5-9(10)21-12(13,14)15/h3-6,16-17H,7-8H2,1-2H3/t11-/m0/s1. The van der Waals surface area contributed by atoms with Crippen LogP contribution in [0.15, 0.2) is 29.2 Å². The van der Waals surface area contributed by atoms with E-state index in [0.717, 1.165) is 12.1 Å². The number of methoxy groups -OCH3 is 1. The second kappa shape index (κ2) is 6.82. The molecular formula is C12H16F3NO5S. The molecule has 0 aliphatic heterocycles. The normalized spacial score (nSPS) is 15.4. The maximum Gasteiger partial charge on any atom is 0.573 e. The van der Waals surface area contributed by atoms with Crippen molar-refractivity contribution in [1.29, 1.82) is 0 Å².